The minimum Gasteiger partial charge on any atom is -0.279 e. The van der Waals surface area contributed by atoms with Crippen LogP contribution in [0.2, 0.25) is 0 Å². The number of thiazole rings is 1. The Kier molecular flexibility index (Phi) is 8.02. The van der Waals surface area contributed by atoms with Crippen LogP contribution in [0.25, 0.3) is 10.2 Å². The Bertz CT molecular complexity index is 1490. The normalized spacial score (nSPS) is 11.5. The molecule has 4 rings (SSSR count). The van der Waals surface area contributed by atoms with Crippen molar-refractivity contribution in [3.8, 4) is 0 Å². The number of sulfonamides is 1. The molecule has 0 N–H and O–H groups in total. The van der Waals surface area contributed by atoms with Gasteiger partial charge in [-0.15, -0.1) is 13.2 Å². The number of aromatic nitrogens is 1. The number of carbonyl (C=O) groups is 1. The van der Waals surface area contributed by atoms with Crippen molar-refractivity contribution in [2.24, 2.45) is 0 Å². The number of hydrogen-bond donors (Lipinski definition) is 0. The van der Waals surface area contributed by atoms with Gasteiger partial charge in [-0.25, -0.2) is 13.4 Å². The molecule has 0 aliphatic rings. The highest BCUT2D eigenvalue weighted by atomic mass is 32.2. The fourth-order valence-corrected chi connectivity index (χ4v) is 6.33. The van der Waals surface area contributed by atoms with E-state index >= 15 is 0 Å². The molecule has 4 aromatic rings. The number of rotatable bonds is 10. The first-order valence-electron chi connectivity index (χ1n) is 11.8. The molecule has 0 fully saturated rings. The molecule has 1 heterocycles. The third-order valence-corrected chi connectivity index (χ3v) is 8.94. The van der Waals surface area contributed by atoms with E-state index in [-0.39, 0.29) is 23.9 Å². The summed E-state index contributed by atoms with van der Waals surface area (Å²) < 4.78 is 28.4. The highest BCUT2D eigenvalue weighted by molar-refractivity contribution is 7.89. The molecule has 6 nitrogen and oxygen atoms in total. The summed E-state index contributed by atoms with van der Waals surface area (Å²) in [6.07, 6.45) is 3.06. The Morgan fingerprint density at radius 1 is 0.946 bits per heavy atom. The molecule has 0 unspecified atom stereocenters. The number of anilines is 1. The molecule has 0 atom stereocenters. The Morgan fingerprint density at radius 3 is 2.19 bits per heavy atom. The van der Waals surface area contributed by atoms with E-state index in [9.17, 15) is 13.2 Å². The molecule has 0 bridgehead atoms. The van der Waals surface area contributed by atoms with Crippen LogP contribution in [-0.2, 0) is 16.6 Å². The molecule has 37 heavy (non-hydrogen) atoms. The maximum atomic E-state index is 13.8. The first-order chi connectivity index (χ1) is 17.7. The summed E-state index contributed by atoms with van der Waals surface area (Å²) in [7, 11) is -3.76. The maximum absolute atomic E-state index is 13.8. The molecule has 0 spiro atoms. The third kappa shape index (κ3) is 5.72. The van der Waals surface area contributed by atoms with E-state index in [0.717, 1.165) is 21.3 Å². The summed E-state index contributed by atoms with van der Waals surface area (Å²) in [4.78, 5) is 20.3. The topological polar surface area (TPSA) is 70.6 Å². The van der Waals surface area contributed by atoms with Crippen LogP contribution in [0.3, 0.4) is 0 Å². The number of hydrogen-bond acceptors (Lipinski definition) is 5. The van der Waals surface area contributed by atoms with Gasteiger partial charge >= 0.3 is 0 Å². The van der Waals surface area contributed by atoms with Gasteiger partial charge in [-0.2, -0.15) is 4.31 Å². The van der Waals surface area contributed by atoms with Gasteiger partial charge in [0.1, 0.15) is 0 Å². The molecular formula is C29H29N3O3S2. The van der Waals surface area contributed by atoms with Crippen LogP contribution in [-0.4, -0.2) is 36.7 Å². The summed E-state index contributed by atoms with van der Waals surface area (Å²) in [5.74, 6) is -0.255. The molecule has 3 aromatic carbocycles. The first kappa shape index (κ1) is 26.5. The molecule has 190 valence electrons. The monoisotopic (exact) mass is 531 g/mol. The summed E-state index contributed by atoms with van der Waals surface area (Å²) in [6.45, 7) is 12.0. The van der Waals surface area contributed by atoms with Crippen LogP contribution < -0.4 is 4.90 Å². The predicted octanol–water partition coefficient (Wildman–Crippen LogP) is 6.12. The quantitative estimate of drug-likeness (QED) is 0.231. The Morgan fingerprint density at radius 2 is 1.57 bits per heavy atom. The fourth-order valence-electron chi connectivity index (χ4n) is 3.91. The van der Waals surface area contributed by atoms with Crippen molar-refractivity contribution in [1.29, 1.82) is 0 Å². The van der Waals surface area contributed by atoms with Gasteiger partial charge in [0.25, 0.3) is 5.91 Å². The van der Waals surface area contributed by atoms with Crippen molar-refractivity contribution >= 4 is 42.6 Å². The van der Waals surface area contributed by atoms with Crippen molar-refractivity contribution in [3.63, 3.8) is 0 Å². The van der Waals surface area contributed by atoms with Gasteiger partial charge in [0.2, 0.25) is 10.0 Å². The van der Waals surface area contributed by atoms with E-state index in [1.54, 1.807) is 17.0 Å². The van der Waals surface area contributed by atoms with E-state index in [0.29, 0.717) is 17.2 Å². The summed E-state index contributed by atoms with van der Waals surface area (Å²) in [5, 5.41) is 0.591. The van der Waals surface area contributed by atoms with E-state index in [4.69, 9.17) is 4.98 Å². The van der Waals surface area contributed by atoms with Crippen LogP contribution >= 0.6 is 11.3 Å². The highest BCUT2D eigenvalue weighted by Crippen LogP contribution is 2.32. The second-order valence-corrected chi connectivity index (χ2v) is 11.6. The Labute approximate surface area is 222 Å². The van der Waals surface area contributed by atoms with Gasteiger partial charge in [0.05, 0.1) is 21.7 Å². The summed E-state index contributed by atoms with van der Waals surface area (Å²) in [6, 6.07) is 19.9. The van der Waals surface area contributed by atoms with E-state index in [1.165, 1.54) is 45.5 Å². The van der Waals surface area contributed by atoms with Gasteiger partial charge in [0, 0.05) is 18.7 Å². The predicted molar refractivity (Wildman–Crippen MR) is 152 cm³/mol. The molecule has 0 saturated heterocycles. The SMILES string of the molecule is C=CCN(CC=C)S(=O)(=O)c1ccc(C(=O)N(Cc2ccccc2)c2nc3cc(C)c(C)cc3s2)cc1. The zero-order valence-corrected chi connectivity index (χ0v) is 22.6. The largest absolute Gasteiger partial charge is 0.279 e. The van der Waals surface area contributed by atoms with Crippen LogP contribution in [0.1, 0.15) is 27.0 Å². The molecule has 1 aromatic heterocycles. The minimum atomic E-state index is -3.76. The zero-order valence-electron chi connectivity index (χ0n) is 20.9. The molecule has 8 heteroatoms. The van der Waals surface area contributed by atoms with E-state index in [1.807, 2.05) is 43.3 Å². The number of amides is 1. The van der Waals surface area contributed by atoms with Crippen LogP contribution in [0, 0.1) is 13.8 Å². The second kappa shape index (κ2) is 11.2. The molecular weight excluding hydrogens is 502 g/mol. The molecule has 0 aliphatic heterocycles. The van der Waals surface area contributed by atoms with Gasteiger partial charge in [-0.1, -0.05) is 53.8 Å². The number of aryl methyl sites for hydroxylation is 2. The smallest absolute Gasteiger partial charge is 0.260 e. The Balaban J connectivity index is 1.70. The lowest BCUT2D eigenvalue weighted by molar-refractivity contribution is 0.0985. The highest BCUT2D eigenvalue weighted by Gasteiger charge is 2.25. The molecule has 0 radical (unpaired) electrons. The Hall–Kier alpha value is -3.59. The average Bonchev–Trinajstić information content (AvgIpc) is 3.30. The fraction of sp³-hybridized carbons (Fsp3) is 0.172. The van der Waals surface area contributed by atoms with Crippen molar-refractivity contribution in [2.45, 2.75) is 25.3 Å². The lowest BCUT2D eigenvalue weighted by Crippen LogP contribution is -2.32. The standard InChI is InChI=1S/C29H29N3O3S2/c1-5-16-31(17-6-2)37(34,35)25-14-12-24(13-15-25)28(33)32(20-23-10-8-7-9-11-23)29-30-26-18-21(3)22(4)19-27(26)36-29/h5-15,18-19H,1-2,16-17,20H2,3-4H3. The van der Waals surface area contributed by atoms with E-state index in [2.05, 4.69) is 26.1 Å². The van der Waals surface area contributed by atoms with Gasteiger partial charge in [0.15, 0.2) is 5.13 Å². The van der Waals surface area contributed by atoms with Crippen molar-refractivity contribution in [3.05, 3.63) is 114 Å². The van der Waals surface area contributed by atoms with Crippen LogP contribution in [0.5, 0.6) is 0 Å². The second-order valence-electron chi connectivity index (χ2n) is 8.70. The third-order valence-electron chi connectivity index (χ3n) is 6.06. The lowest BCUT2D eigenvalue weighted by Gasteiger charge is -2.21. The lowest BCUT2D eigenvalue weighted by atomic mass is 10.1. The van der Waals surface area contributed by atoms with Crippen LogP contribution in [0.4, 0.5) is 5.13 Å². The minimum absolute atomic E-state index is 0.105. The molecule has 0 aliphatic carbocycles. The zero-order chi connectivity index (χ0) is 26.6. The van der Waals surface area contributed by atoms with Gasteiger partial charge < -0.3 is 0 Å². The van der Waals surface area contributed by atoms with Crippen LogP contribution in [0.15, 0.2) is 96.9 Å². The average molecular weight is 532 g/mol. The number of nitrogens with zero attached hydrogens (tertiary/aromatic N) is 3. The van der Waals surface area contributed by atoms with Crippen molar-refractivity contribution < 1.29 is 13.2 Å². The van der Waals surface area contributed by atoms with Crippen molar-refractivity contribution in [1.82, 2.24) is 9.29 Å². The first-order valence-corrected chi connectivity index (χ1v) is 14.1. The molecule has 1 amide bonds. The van der Waals surface area contributed by atoms with Crippen molar-refractivity contribution in [2.75, 3.05) is 18.0 Å². The maximum Gasteiger partial charge on any atom is 0.260 e. The number of benzene rings is 3. The summed E-state index contributed by atoms with van der Waals surface area (Å²) >= 11 is 1.47. The van der Waals surface area contributed by atoms with E-state index < -0.39 is 10.0 Å². The van der Waals surface area contributed by atoms with Gasteiger partial charge in [-0.3, -0.25) is 9.69 Å². The number of carbonyl (C=O) groups excluding carboxylic acids is 1. The number of fused-ring (bicyclic) bond motifs is 1. The summed E-state index contributed by atoms with van der Waals surface area (Å²) in [5.41, 5.74) is 4.50. The molecule has 0 saturated carbocycles. The van der Waals surface area contributed by atoms with Gasteiger partial charge in [-0.05, 0) is 66.9 Å².